The normalized spacial score (nSPS) is 48.6. The average Bonchev–Trinajstić information content (AvgIpc) is 2.79. The van der Waals surface area contributed by atoms with Gasteiger partial charge >= 0.3 is 5.97 Å². The molecule has 2 aliphatic carbocycles. The second kappa shape index (κ2) is 2.57. The number of hydrogen-bond donors (Lipinski definition) is 0. The molecule has 2 saturated carbocycles. The monoisotopic (exact) mass is 196 g/mol. The highest BCUT2D eigenvalue weighted by molar-refractivity contribution is 5.92. The summed E-state index contributed by atoms with van der Waals surface area (Å²) in [5, 5.41) is 0. The van der Waals surface area contributed by atoms with Crippen molar-refractivity contribution in [3.05, 3.63) is 0 Å². The van der Waals surface area contributed by atoms with Gasteiger partial charge in [-0.15, -0.1) is 0 Å². The third-order valence-electron chi connectivity index (χ3n) is 3.74. The Morgan fingerprint density at radius 3 is 2.93 bits per heavy atom. The van der Waals surface area contributed by atoms with E-state index in [4.69, 9.17) is 9.47 Å². The number of ketones is 1. The van der Waals surface area contributed by atoms with Gasteiger partial charge in [0.1, 0.15) is 6.10 Å². The minimum absolute atomic E-state index is 0.0721. The molecule has 1 aliphatic heterocycles. The summed E-state index contributed by atoms with van der Waals surface area (Å²) in [6.07, 6.45) is 1.45. The fourth-order valence-electron chi connectivity index (χ4n) is 3.01. The number of hydrogen-bond acceptors (Lipinski definition) is 4. The summed E-state index contributed by atoms with van der Waals surface area (Å²) in [5.41, 5.74) is 0. The molecule has 0 spiro atoms. The molecule has 0 N–H and O–H groups in total. The molecule has 0 bridgehead atoms. The van der Waals surface area contributed by atoms with Gasteiger partial charge in [0.2, 0.25) is 0 Å². The van der Waals surface area contributed by atoms with Crippen LogP contribution in [0.1, 0.15) is 12.8 Å². The fraction of sp³-hybridized carbons (Fsp3) is 0.800. The molecular weight excluding hydrogens is 184 g/mol. The minimum atomic E-state index is -0.176. The van der Waals surface area contributed by atoms with E-state index in [9.17, 15) is 9.59 Å². The number of rotatable bonds is 1. The van der Waals surface area contributed by atoms with Crippen LogP contribution in [0.25, 0.3) is 0 Å². The molecule has 0 radical (unpaired) electrons. The molecule has 0 aromatic carbocycles. The number of carbonyl (C=O) groups excluding carboxylic acids is 2. The Balaban J connectivity index is 1.76. The molecule has 0 aromatic rings. The van der Waals surface area contributed by atoms with Crippen LogP contribution < -0.4 is 0 Å². The highest BCUT2D eigenvalue weighted by Gasteiger charge is 2.64. The first-order valence-electron chi connectivity index (χ1n) is 4.99. The fourth-order valence-corrected chi connectivity index (χ4v) is 3.01. The lowest BCUT2D eigenvalue weighted by molar-refractivity contribution is -0.145. The van der Waals surface area contributed by atoms with Crippen LogP contribution in [-0.4, -0.2) is 31.1 Å². The van der Waals surface area contributed by atoms with Gasteiger partial charge in [-0.05, 0) is 18.8 Å². The first-order valence-corrected chi connectivity index (χ1v) is 4.99. The maximum Gasteiger partial charge on any atom is 0.308 e. The third-order valence-corrected chi connectivity index (χ3v) is 3.74. The Kier molecular flexibility index (Phi) is 1.54. The lowest BCUT2D eigenvalue weighted by atomic mass is 9.99. The van der Waals surface area contributed by atoms with E-state index in [1.165, 1.54) is 7.11 Å². The number of fused-ring (bicyclic) bond motifs is 3. The van der Waals surface area contributed by atoms with E-state index in [2.05, 4.69) is 0 Å². The Bertz CT molecular complexity index is 311. The number of Topliss-reactive ketones (excluding diaryl/α,β-unsaturated/α-hetero) is 1. The number of esters is 1. The Morgan fingerprint density at radius 1 is 1.50 bits per heavy atom. The number of ether oxygens (including phenoxy) is 2. The van der Waals surface area contributed by atoms with Gasteiger partial charge in [-0.2, -0.15) is 0 Å². The molecule has 0 amide bonds. The molecule has 1 saturated heterocycles. The molecule has 4 nitrogen and oxygen atoms in total. The van der Waals surface area contributed by atoms with Crippen molar-refractivity contribution >= 4 is 11.8 Å². The molecule has 3 aliphatic rings. The summed E-state index contributed by atoms with van der Waals surface area (Å²) >= 11 is 0. The maximum absolute atomic E-state index is 11.6. The molecule has 3 rings (SSSR count). The summed E-state index contributed by atoms with van der Waals surface area (Å²) in [6.45, 7) is 0. The molecule has 0 unspecified atom stereocenters. The SMILES string of the molecule is COC(=O)[C@@H]1C[C@@H]2[C@H]3O[C@H]3C(=O)[C@@H]2C1. The van der Waals surface area contributed by atoms with E-state index in [0.717, 1.165) is 6.42 Å². The first kappa shape index (κ1) is 8.41. The van der Waals surface area contributed by atoms with Crippen molar-refractivity contribution in [2.45, 2.75) is 25.0 Å². The zero-order valence-electron chi connectivity index (χ0n) is 7.93. The van der Waals surface area contributed by atoms with Crippen LogP contribution >= 0.6 is 0 Å². The van der Waals surface area contributed by atoms with Crippen LogP contribution in [0.4, 0.5) is 0 Å². The van der Waals surface area contributed by atoms with E-state index in [-0.39, 0.29) is 41.7 Å². The zero-order chi connectivity index (χ0) is 9.87. The second-order valence-corrected chi connectivity index (χ2v) is 4.39. The third kappa shape index (κ3) is 0.919. The summed E-state index contributed by atoms with van der Waals surface area (Å²) in [4.78, 5) is 22.9. The molecule has 76 valence electrons. The van der Waals surface area contributed by atoms with Crippen molar-refractivity contribution in [1.82, 2.24) is 0 Å². The first-order chi connectivity index (χ1) is 6.72. The van der Waals surface area contributed by atoms with E-state index < -0.39 is 0 Å². The smallest absolute Gasteiger partial charge is 0.308 e. The predicted octanol–water partition coefficient (Wildman–Crippen LogP) is 0.152. The van der Waals surface area contributed by atoms with Gasteiger partial charge < -0.3 is 9.47 Å². The van der Waals surface area contributed by atoms with Crippen molar-refractivity contribution in [3.8, 4) is 0 Å². The number of epoxide rings is 1. The van der Waals surface area contributed by atoms with E-state index in [1.807, 2.05) is 0 Å². The van der Waals surface area contributed by atoms with Gasteiger partial charge in [0.25, 0.3) is 0 Å². The largest absolute Gasteiger partial charge is 0.469 e. The van der Waals surface area contributed by atoms with Crippen LogP contribution in [-0.2, 0) is 19.1 Å². The maximum atomic E-state index is 11.6. The second-order valence-electron chi connectivity index (χ2n) is 4.39. The zero-order valence-corrected chi connectivity index (χ0v) is 7.93. The molecule has 0 aromatic heterocycles. The van der Waals surface area contributed by atoms with Gasteiger partial charge in [0.05, 0.1) is 19.1 Å². The minimum Gasteiger partial charge on any atom is -0.469 e. The van der Waals surface area contributed by atoms with E-state index in [0.29, 0.717) is 6.42 Å². The summed E-state index contributed by atoms with van der Waals surface area (Å²) in [6, 6.07) is 0. The molecule has 5 atom stereocenters. The summed E-state index contributed by atoms with van der Waals surface area (Å²) < 4.78 is 9.93. The Hall–Kier alpha value is -0.900. The van der Waals surface area contributed by atoms with Crippen LogP contribution in [0.5, 0.6) is 0 Å². The van der Waals surface area contributed by atoms with Gasteiger partial charge in [-0.3, -0.25) is 9.59 Å². The van der Waals surface area contributed by atoms with Gasteiger partial charge in [-0.1, -0.05) is 0 Å². The number of methoxy groups -OCH3 is 1. The van der Waals surface area contributed by atoms with Gasteiger partial charge in [0.15, 0.2) is 5.78 Å². The standard InChI is InChI=1S/C10H12O4/c1-13-10(12)4-2-5-6(3-4)8-9(14-8)7(5)11/h4-6,8-9H,2-3H2,1H3/t4-,5+,6-,8+,9-/m0/s1. The van der Waals surface area contributed by atoms with Crippen molar-refractivity contribution in [2.75, 3.05) is 7.11 Å². The van der Waals surface area contributed by atoms with E-state index in [1.54, 1.807) is 0 Å². The predicted molar refractivity (Wildman–Crippen MR) is 45.4 cm³/mol. The summed E-state index contributed by atoms with van der Waals surface area (Å²) in [5.74, 6) is 0.319. The number of carbonyl (C=O) groups is 2. The Labute approximate surface area is 81.6 Å². The van der Waals surface area contributed by atoms with Crippen LogP contribution in [0.15, 0.2) is 0 Å². The highest BCUT2D eigenvalue weighted by Crippen LogP contribution is 2.53. The van der Waals surface area contributed by atoms with Gasteiger partial charge in [0, 0.05) is 5.92 Å². The molecule has 1 heterocycles. The summed E-state index contributed by atoms with van der Waals surface area (Å²) in [7, 11) is 1.40. The van der Waals surface area contributed by atoms with Crippen molar-refractivity contribution in [2.24, 2.45) is 17.8 Å². The van der Waals surface area contributed by atoms with Crippen LogP contribution in [0.2, 0.25) is 0 Å². The van der Waals surface area contributed by atoms with Crippen molar-refractivity contribution < 1.29 is 19.1 Å². The topological polar surface area (TPSA) is 55.9 Å². The van der Waals surface area contributed by atoms with Crippen LogP contribution in [0.3, 0.4) is 0 Å². The average molecular weight is 196 g/mol. The van der Waals surface area contributed by atoms with Crippen LogP contribution in [0, 0.1) is 17.8 Å². The molecule has 4 heteroatoms. The lowest BCUT2D eigenvalue weighted by Gasteiger charge is -2.08. The van der Waals surface area contributed by atoms with Gasteiger partial charge in [-0.25, -0.2) is 0 Å². The molecular formula is C10H12O4. The lowest BCUT2D eigenvalue weighted by Crippen LogP contribution is -2.17. The Morgan fingerprint density at radius 2 is 2.29 bits per heavy atom. The van der Waals surface area contributed by atoms with E-state index >= 15 is 0 Å². The van der Waals surface area contributed by atoms with Crippen molar-refractivity contribution in [1.29, 1.82) is 0 Å². The van der Waals surface area contributed by atoms with Crippen molar-refractivity contribution in [3.63, 3.8) is 0 Å². The highest BCUT2D eigenvalue weighted by atomic mass is 16.6. The quantitative estimate of drug-likeness (QED) is 0.442. The molecule has 3 fully saturated rings. The molecule has 14 heavy (non-hydrogen) atoms.